The number of amides is 1. The van der Waals surface area contributed by atoms with E-state index in [2.05, 4.69) is 5.32 Å². The summed E-state index contributed by atoms with van der Waals surface area (Å²) in [4.78, 5) is 22.9. The topological polar surface area (TPSA) is 127 Å². The zero-order chi connectivity index (χ0) is 15.3. The molecular formula is C12H16N2O5S. The number of hydrogen-bond donors (Lipinski definition) is 3. The van der Waals surface area contributed by atoms with Crippen molar-refractivity contribution in [3.8, 4) is 0 Å². The average molecular weight is 300 g/mol. The van der Waals surface area contributed by atoms with Crippen molar-refractivity contribution >= 4 is 27.4 Å². The van der Waals surface area contributed by atoms with Crippen molar-refractivity contribution in [3.63, 3.8) is 0 Å². The molecule has 0 spiro atoms. The van der Waals surface area contributed by atoms with Crippen molar-refractivity contribution in [3.05, 3.63) is 29.8 Å². The van der Waals surface area contributed by atoms with E-state index in [1.165, 1.54) is 12.1 Å². The van der Waals surface area contributed by atoms with Crippen molar-refractivity contribution in [2.75, 3.05) is 17.7 Å². The SMILES string of the molecule is CS(=O)(=O)CCC(NC(=O)c1cccc(N)c1)C(=O)O. The van der Waals surface area contributed by atoms with Crippen LogP contribution in [0.3, 0.4) is 0 Å². The molecule has 1 aromatic rings. The highest BCUT2D eigenvalue weighted by Gasteiger charge is 2.22. The maximum Gasteiger partial charge on any atom is 0.326 e. The van der Waals surface area contributed by atoms with Gasteiger partial charge in [0.1, 0.15) is 15.9 Å². The number of benzene rings is 1. The summed E-state index contributed by atoms with van der Waals surface area (Å²) in [6.45, 7) is 0. The van der Waals surface area contributed by atoms with Gasteiger partial charge in [-0.15, -0.1) is 0 Å². The normalized spacial score (nSPS) is 12.7. The molecule has 1 unspecified atom stereocenters. The number of nitrogens with two attached hydrogens (primary N) is 1. The molecule has 0 aliphatic carbocycles. The van der Waals surface area contributed by atoms with Gasteiger partial charge < -0.3 is 16.2 Å². The van der Waals surface area contributed by atoms with Crippen LogP contribution in [0.15, 0.2) is 24.3 Å². The van der Waals surface area contributed by atoms with Gasteiger partial charge in [0.2, 0.25) is 0 Å². The number of nitrogen functional groups attached to an aromatic ring is 1. The lowest BCUT2D eigenvalue weighted by atomic mass is 10.1. The maximum absolute atomic E-state index is 11.9. The van der Waals surface area contributed by atoms with Crippen LogP contribution in [-0.2, 0) is 14.6 Å². The van der Waals surface area contributed by atoms with Crippen molar-refractivity contribution < 1.29 is 23.1 Å². The Hall–Kier alpha value is -2.09. The lowest BCUT2D eigenvalue weighted by molar-refractivity contribution is -0.139. The lowest BCUT2D eigenvalue weighted by Crippen LogP contribution is -2.41. The fourth-order valence-corrected chi connectivity index (χ4v) is 2.17. The van der Waals surface area contributed by atoms with Crippen LogP contribution in [0.5, 0.6) is 0 Å². The van der Waals surface area contributed by atoms with E-state index in [4.69, 9.17) is 10.8 Å². The number of nitrogens with one attached hydrogen (secondary N) is 1. The van der Waals surface area contributed by atoms with E-state index in [9.17, 15) is 18.0 Å². The molecule has 1 atom stereocenters. The van der Waals surface area contributed by atoms with Gasteiger partial charge in [0.05, 0.1) is 5.75 Å². The molecule has 7 nitrogen and oxygen atoms in total. The van der Waals surface area contributed by atoms with Gasteiger partial charge in [-0.05, 0) is 24.6 Å². The van der Waals surface area contributed by atoms with Crippen LogP contribution < -0.4 is 11.1 Å². The number of sulfone groups is 1. The van der Waals surface area contributed by atoms with E-state index in [0.717, 1.165) is 6.26 Å². The molecule has 0 saturated heterocycles. The second kappa shape index (κ2) is 6.38. The highest BCUT2D eigenvalue weighted by atomic mass is 32.2. The zero-order valence-electron chi connectivity index (χ0n) is 10.9. The van der Waals surface area contributed by atoms with Crippen LogP contribution in [0.25, 0.3) is 0 Å². The predicted molar refractivity (Wildman–Crippen MR) is 74.1 cm³/mol. The average Bonchev–Trinajstić information content (AvgIpc) is 2.32. The molecule has 20 heavy (non-hydrogen) atoms. The summed E-state index contributed by atoms with van der Waals surface area (Å²) in [7, 11) is -3.29. The van der Waals surface area contributed by atoms with E-state index >= 15 is 0 Å². The molecule has 1 rings (SSSR count). The Morgan fingerprint density at radius 2 is 2.05 bits per heavy atom. The molecule has 0 bridgehead atoms. The van der Waals surface area contributed by atoms with Gasteiger partial charge in [0, 0.05) is 17.5 Å². The quantitative estimate of drug-likeness (QED) is 0.629. The maximum atomic E-state index is 11.9. The Labute approximate surface area is 116 Å². The second-order valence-electron chi connectivity index (χ2n) is 4.41. The second-order valence-corrected chi connectivity index (χ2v) is 6.67. The number of carbonyl (C=O) groups excluding carboxylic acids is 1. The predicted octanol–water partition coefficient (Wildman–Crippen LogP) is -0.114. The molecule has 0 aromatic heterocycles. The van der Waals surface area contributed by atoms with Crippen LogP contribution in [0.1, 0.15) is 16.8 Å². The summed E-state index contributed by atoms with van der Waals surface area (Å²) in [6, 6.07) is 4.79. The minimum Gasteiger partial charge on any atom is -0.480 e. The number of anilines is 1. The third-order valence-corrected chi connectivity index (χ3v) is 3.51. The van der Waals surface area contributed by atoms with Gasteiger partial charge in [-0.25, -0.2) is 13.2 Å². The van der Waals surface area contributed by atoms with E-state index in [0.29, 0.717) is 5.69 Å². The van der Waals surface area contributed by atoms with E-state index in [1.807, 2.05) is 0 Å². The standard InChI is InChI=1S/C12H16N2O5S/c1-20(18,19)6-5-10(12(16)17)14-11(15)8-3-2-4-9(13)7-8/h2-4,7,10H,5-6,13H2,1H3,(H,14,15)(H,16,17). The molecule has 0 radical (unpaired) electrons. The first-order valence-electron chi connectivity index (χ1n) is 5.76. The molecular weight excluding hydrogens is 284 g/mol. The van der Waals surface area contributed by atoms with Gasteiger partial charge in [-0.3, -0.25) is 4.79 Å². The van der Waals surface area contributed by atoms with E-state index in [-0.39, 0.29) is 17.7 Å². The third-order valence-electron chi connectivity index (χ3n) is 2.53. The summed E-state index contributed by atoms with van der Waals surface area (Å²) >= 11 is 0. The van der Waals surface area contributed by atoms with Gasteiger partial charge in [-0.1, -0.05) is 6.07 Å². The molecule has 8 heteroatoms. The summed E-state index contributed by atoms with van der Waals surface area (Å²) < 4.78 is 22.1. The molecule has 1 aromatic carbocycles. The van der Waals surface area contributed by atoms with Crippen LogP contribution in [-0.4, -0.2) is 43.5 Å². The monoisotopic (exact) mass is 300 g/mol. The van der Waals surface area contributed by atoms with Crippen molar-refractivity contribution in [1.29, 1.82) is 0 Å². The highest BCUT2D eigenvalue weighted by molar-refractivity contribution is 7.90. The Balaban J connectivity index is 2.75. The molecule has 4 N–H and O–H groups in total. The minimum atomic E-state index is -3.29. The molecule has 0 saturated carbocycles. The number of carboxylic acids is 1. The minimum absolute atomic E-state index is 0.192. The Kier molecular flexibility index (Phi) is 5.09. The van der Waals surface area contributed by atoms with Crippen molar-refractivity contribution in [1.82, 2.24) is 5.32 Å². The molecule has 0 aliphatic heterocycles. The summed E-state index contributed by atoms with van der Waals surface area (Å²) in [5, 5.41) is 11.3. The first-order valence-corrected chi connectivity index (χ1v) is 7.82. The summed E-state index contributed by atoms with van der Waals surface area (Å²) in [6.07, 6.45) is 0.813. The van der Waals surface area contributed by atoms with Crippen molar-refractivity contribution in [2.45, 2.75) is 12.5 Å². The molecule has 110 valence electrons. The van der Waals surface area contributed by atoms with E-state index in [1.54, 1.807) is 12.1 Å². The lowest BCUT2D eigenvalue weighted by Gasteiger charge is -2.14. The first-order chi connectivity index (χ1) is 9.19. The van der Waals surface area contributed by atoms with E-state index < -0.39 is 27.8 Å². The van der Waals surface area contributed by atoms with Crippen LogP contribution in [0.4, 0.5) is 5.69 Å². The Morgan fingerprint density at radius 1 is 1.40 bits per heavy atom. The summed E-state index contributed by atoms with van der Waals surface area (Å²) in [5.74, 6) is -2.22. The Morgan fingerprint density at radius 3 is 2.55 bits per heavy atom. The molecule has 0 aliphatic rings. The van der Waals surface area contributed by atoms with Gasteiger partial charge in [-0.2, -0.15) is 0 Å². The number of carboxylic acid groups (broad SMARTS) is 1. The number of aliphatic carboxylic acids is 1. The third kappa shape index (κ3) is 5.27. The zero-order valence-corrected chi connectivity index (χ0v) is 11.7. The Bertz CT molecular complexity index is 612. The fraction of sp³-hybridized carbons (Fsp3) is 0.333. The van der Waals surface area contributed by atoms with Crippen LogP contribution >= 0.6 is 0 Å². The van der Waals surface area contributed by atoms with Gasteiger partial charge >= 0.3 is 5.97 Å². The largest absolute Gasteiger partial charge is 0.480 e. The molecule has 0 heterocycles. The molecule has 0 fully saturated rings. The smallest absolute Gasteiger partial charge is 0.326 e. The van der Waals surface area contributed by atoms with Crippen LogP contribution in [0, 0.1) is 0 Å². The number of carbonyl (C=O) groups is 2. The van der Waals surface area contributed by atoms with Gasteiger partial charge in [0.15, 0.2) is 0 Å². The highest BCUT2D eigenvalue weighted by Crippen LogP contribution is 2.07. The molecule has 1 amide bonds. The first kappa shape index (κ1) is 16.0. The van der Waals surface area contributed by atoms with Crippen molar-refractivity contribution in [2.24, 2.45) is 0 Å². The van der Waals surface area contributed by atoms with Crippen LogP contribution in [0.2, 0.25) is 0 Å². The summed E-state index contributed by atoms with van der Waals surface area (Å²) in [5.41, 5.74) is 6.12. The fourth-order valence-electron chi connectivity index (χ4n) is 1.51. The number of rotatable bonds is 6. The number of hydrogen-bond acceptors (Lipinski definition) is 5. The van der Waals surface area contributed by atoms with Gasteiger partial charge in [0.25, 0.3) is 5.91 Å².